The predicted octanol–water partition coefficient (Wildman–Crippen LogP) is 3.41. The molecule has 1 fully saturated rings. The van der Waals surface area contributed by atoms with E-state index < -0.39 is 11.4 Å². The van der Waals surface area contributed by atoms with Gasteiger partial charge in [-0.25, -0.2) is 4.79 Å². The topological polar surface area (TPSA) is 36.4 Å². The van der Waals surface area contributed by atoms with E-state index in [1.54, 1.807) is 18.3 Å². The number of halogens is 2. The van der Waals surface area contributed by atoms with Gasteiger partial charge in [0.2, 0.25) is 0 Å². The first-order chi connectivity index (χ1) is 8.70. The van der Waals surface area contributed by atoms with Crippen LogP contribution in [-0.2, 0) is 0 Å². The van der Waals surface area contributed by atoms with Gasteiger partial charge in [-0.15, -0.1) is 0 Å². The summed E-state index contributed by atoms with van der Waals surface area (Å²) in [4.78, 5) is 16.7. The summed E-state index contributed by atoms with van der Waals surface area (Å²) in [6.07, 6.45) is 7.54. The lowest BCUT2D eigenvalue weighted by molar-refractivity contribution is -0.0969. The van der Waals surface area contributed by atoms with Crippen molar-refractivity contribution >= 4 is 11.7 Å². The van der Waals surface area contributed by atoms with E-state index in [1.807, 2.05) is 0 Å². The van der Waals surface area contributed by atoms with Gasteiger partial charge in [0.25, 0.3) is 0 Å². The predicted molar refractivity (Wildman–Crippen MR) is 63.0 cm³/mol. The molecule has 1 aromatic heterocycles. The number of aromatic nitrogens is 1. The summed E-state index contributed by atoms with van der Waals surface area (Å²) in [5, 5.41) is -1.36. The maximum Gasteiger partial charge on any atom is 0.383 e. The number of carbonyl (C=O) groups excluding carboxylic acids is 1. The number of amides is 2. The molecule has 0 aromatic carbocycles. The van der Waals surface area contributed by atoms with Crippen molar-refractivity contribution in [3.63, 3.8) is 0 Å². The Morgan fingerprint density at radius 3 is 2.56 bits per heavy atom. The van der Waals surface area contributed by atoms with Gasteiger partial charge in [0.1, 0.15) is 0 Å². The third kappa shape index (κ3) is 2.75. The molecule has 0 N–H and O–H groups in total. The molecule has 0 atom stereocenters. The molecular formula is C12H15F2N3O. The van der Waals surface area contributed by atoms with E-state index >= 15 is 0 Å². The van der Waals surface area contributed by atoms with E-state index in [1.165, 1.54) is 6.20 Å². The standard InChI is InChI=1S/C12H15F2N3O/c13-17(14)12(18)16(10-5-2-1-3-6-10)11-7-4-8-15-9-11/h4,7-10H,1-3,5-6H2. The van der Waals surface area contributed by atoms with Gasteiger partial charge in [-0.3, -0.25) is 9.88 Å². The Labute approximate surface area is 104 Å². The minimum atomic E-state index is -1.36. The highest BCUT2D eigenvalue weighted by atomic mass is 19.4. The SMILES string of the molecule is O=C(N(F)F)N(c1cccnc1)C1CCCCC1. The van der Waals surface area contributed by atoms with Gasteiger partial charge in [-0.2, -0.15) is 0 Å². The van der Waals surface area contributed by atoms with Crippen LogP contribution in [0.4, 0.5) is 19.4 Å². The zero-order valence-corrected chi connectivity index (χ0v) is 9.93. The number of nitrogens with zero attached hydrogens (tertiary/aromatic N) is 3. The van der Waals surface area contributed by atoms with Crippen LogP contribution in [0, 0.1) is 0 Å². The first kappa shape index (κ1) is 12.7. The molecule has 1 heterocycles. The number of anilines is 1. The fourth-order valence-electron chi connectivity index (χ4n) is 2.39. The van der Waals surface area contributed by atoms with Gasteiger partial charge < -0.3 is 0 Å². The number of urea groups is 1. The molecular weight excluding hydrogens is 240 g/mol. The summed E-state index contributed by atoms with van der Waals surface area (Å²) in [7, 11) is 0. The van der Waals surface area contributed by atoms with E-state index in [-0.39, 0.29) is 6.04 Å². The third-order valence-electron chi connectivity index (χ3n) is 3.21. The van der Waals surface area contributed by atoms with Crippen LogP contribution in [0.15, 0.2) is 24.5 Å². The molecule has 0 bridgehead atoms. The molecule has 1 aliphatic rings. The van der Waals surface area contributed by atoms with Gasteiger partial charge in [0, 0.05) is 17.6 Å². The molecule has 1 aromatic rings. The summed E-state index contributed by atoms with van der Waals surface area (Å²) >= 11 is 0. The quantitative estimate of drug-likeness (QED) is 0.759. The van der Waals surface area contributed by atoms with E-state index in [2.05, 4.69) is 4.98 Å². The minimum Gasteiger partial charge on any atom is -0.286 e. The Morgan fingerprint density at radius 2 is 2.00 bits per heavy atom. The van der Waals surface area contributed by atoms with Crippen LogP contribution in [0.25, 0.3) is 0 Å². The highest BCUT2D eigenvalue weighted by Gasteiger charge is 2.31. The maximum absolute atomic E-state index is 12.5. The van der Waals surface area contributed by atoms with Crippen LogP contribution in [-0.4, -0.2) is 22.4 Å². The molecule has 1 saturated carbocycles. The van der Waals surface area contributed by atoms with Crippen molar-refractivity contribution in [1.82, 2.24) is 10.3 Å². The molecule has 2 rings (SSSR count). The minimum absolute atomic E-state index is 0.163. The number of pyridine rings is 1. The van der Waals surface area contributed by atoms with Crippen molar-refractivity contribution in [2.24, 2.45) is 0 Å². The Bertz CT molecular complexity index is 394. The summed E-state index contributed by atoms with van der Waals surface area (Å²) in [6, 6.07) is 1.82. The fraction of sp³-hybridized carbons (Fsp3) is 0.500. The van der Waals surface area contributed by atoms with E-state index in [0.29, 0.717) is 5.69 Å². The average Bonchev–Trinajstić information content (AvgIpc) is 2.41. The highest BCUT2D eigenvalue weighted by Crippen LogP contribution is 2.28. The van der Waals surface area contributed by atoms with Crippen LogP contribution < -0.4 is 4.90 Å². The fourth-order valence-corrected chi connectivity index (χ4v) is 2.39. The van der Waals surface area contributed by atoms with Crippen LogP contribution in [0.3, 0.4) is 0 Å². The Morgan fingerprint density at radius 1 is 1.28 bits per heavy atom. The molecule has 1 aliphatic carbocycles. The van der Waals surface area contributed by atoms with E-state index in [9.17, 15) is 13.8 Å². The van der Waals surface area contributed by atoms with Crippen LogP contribution in [0.5, 0.6) is 0 Å². The highest BCUT2D eigenvalue weighted by molar-refractivity contribution is 5.91. The molecule has 0 spiro atoms. The van der Waals surface area contributed by atoms with Crippen molar-refractivity contribution in [3.05, 3.63) is 24.5 Å². The lowest BCUT2D eigenvalue weighted by Crippen LogP contribution is -2.44. The number of rotatable bonds is 2. The zero-order valence-electron chi connectivity index (χ0n) is 9.93. The summed E-state index contributed by atoms with van der Waals surface area (Å²) in [5.41, 5.74) is 0.426. The number of carbonyl (C=O) groups is 1. The second kappa shape index (κ2) is 5.75. The zero-order chi connectivity index (χ0) is 13.0. The maximum atomic E-state index is 12.5. The molecule has 2 amide bonds. The number of hydrogen-bond acceptors (Lipinski definition) is 2. The Balaban J connectivity index is 2.25. The average molecular weight is 255 g/mol. The van der Waals surface area contributed by atoms with Crippen LogP contribution in [0.2, 0.25) is 0 Å². The monoisotopic (exact) mass is 255 g/mol. The third-order valence-corrected chi connectivity index (χ3v) is 3.21. The van der Waals surface area contributed by atoms with Gasteiger partial charge >= 0.3 is 6.03 Å². The first-order valence-corrected chi connectivity index (χ1v) is 6.05. The van der Waals surface area contributed by atoms with E-state index in [4.69, 9.17) is 0 Å². The summed E-state index contributed by atoms with van der Waals surface area (Å²) < 4.78 is 25.1. The van der Waals surface area contributed by atoms with Gasteiger partial charge in [-0.05, 0) is 25.0 Å². The van der Waals surface area contributed by atoms with Gasteiger partial charge in [0.15, 0.2) is 0 Å². The van der Waals surface area contributed by atoms with Crippen LogP contribution in [0.1, 0.15) is 32.1 Å². The smallest absolute Gasteiger partial charge is 0.286 e. The Hall–Kier alpha value is -1.72. The molecule has 0 saturated heterocycles. The normalized spacial score (nSPS) is 16.3. The summed E-state index contributed by atoms with van der Waals surface area (Å²) in [6.45, 7) is 0. The largest absolute Gasteiger partial charge is 0.383 e. The molecule has 0 aliphatic heterocycles. The molecule has 4 nitrogen and oxygen atoms in total. The molecule has 18 heavy (non-hydrogen) atoms. The molecule has 0 radical (unpaired) electrons. The summed E-state index contributed by atoms with van der Waals surface area (Å²) in [5.74, 6) is 0. The van der Waals surface area contributed by atoms with Crippen molar-refractivity contribution in [3.8, 4) is 0 Å². The lowest BCUT2D eigenvalue weighted by Gasteiger charge is -2.33. The molecule has 0 unspecified atom stereocenters. The van der Waals surface area contributed by atoms with Gasteiger partial charge in [-0.1, -0.05) is 28.2 Å². The first-order valence-electron chi connectivity index (χ1n) is 6.05. The van der Waals surface area contributed by atoms with Crippen molar-refractivity contribution in [2.75, 3.05) is 4.90 Å². The lowest BCUT2D eigenvalue weighted by atomic mass is 9.94. The second-order valence-corrected chi connectivity index (χ2v) is 4.39. The van der Waals surface area contributed by atoms with Gasteiger partial charge in [0.05, 0.1) is 11.9 Å². The molecule has 6 heteroatoms. The second-order valence-electron chi connectivity index (χ2n) is 4.39. The van der Waals surface area contributed by atoms with E-state index in [0.717, 1.165) is 37.0 Å². The molecule has 98 valence electrons. The van der Waals surface area contributed by atoms with Crippen LogP contribution >= 0.6 is 0 Å². The Kier molecular flexibility index (Phi) is 4.07. The number of hydrogen-bond donors (Lipinski definition) is 0. The van der Waals surface area contributed by atoms with Crippen molar-refractivity contribution in [2.45, 2.75) is 38.1 Å². The van der Waals surface area contributed by atoms with Crippen molar-refractivity contribution in [1.29, 1.82) is 0 Å². The van der Waals surface area contributed by atoms with Crippen molar-refractivity contribution < 1.29 is 13.8 Å².